The molecule has 0 bridgehead atoms. The minimum absolute atomic E-state index is 0.419. The quantitative estimate of drug-likeness (QED) is 0.815. The van der Waals surface area contributed by atoms with Crippen LogP contribution >= 0.6 is 11.3 Å². The summed E-state index contributed by atoms with van der Waals surface area (Å²) >= 11 is 1.81. The second-order valence-corrected chi connectivity index (χ2v) is 5.88. The average molecular weight is 240 g/mol. The Kier molecular flexibility index (Phi) is 5.42. The highest BCUT2D eigenvalue weighted by molar-refractivity contribution is 7.11. The summed E-state index contributed by atoms with van der Waals surface area (Å²) < 4.78 is 0. The van der Waals surface area contributed by atoms with Crippen LogP contribution in [0.3, 0.4) is 0 Å². The molecule has 0 aliphatic carbocycles. The van der Waals surface area contributed by atoms with Crippen molar-refractivity contribution in [1.29, 1.82) is 0 Å². The van der Waals surface area contributed by atoms with Gasteiger partial charge in [-0.3, -0.25) is 0 Å². The molecule has 0 radical (unpaired) electrons. The van der Waals surface area contributed by atoms with E-state index >= 15 is 0 Å². The van der Waals surface area contributed by atoms with Crippen molar-refractivity contribution in [2.75, 3.05) is 0 Å². The molecular weight excluding hydrogens is 216 g/mol. The highest BCUT2D eigenvalue weighted by Crippen LogP contribution is 2.23. The summed E-state index contributed by atoms with van der Waals surface area (Å²) in [6.45, 7) is 11.2. The van der Waals surface area contributed by atoms with Crippen LogP contribution < -0.4 is 5.32 Å². The Labute approximate surface area is 103 Å². The lowest BCUT2D eigenvalue weighted by molar-refractivity contribution is 0.345. The van der Waals surface area contributed by atoms with E-state index in [4.69, 9.17) is 0 Å². The van der Waals surface area contributed by atoms with Crippen LogP contribution in [0, 0.1) is 12.8 Å². The van der Waals surface area contributed by atoms with Gasteiger partial charge in [-0.05, 0) is 26.2 Å². The first-order chi connectivity index (χ1) is 7.58. The lowest BCUT2D eigenvalue weighted by Crippen LogP contribution is -2.34. The molecule has 1 aromatic rings. The Morgan fingerprint density at radius 3 is 2.44 bits per heavy atom. The van der Waals surface area contributed by atoms with Crippen LogP contribution in [0.2, 0.25) is 0 Å². The summed E-state index contributed by atoms with van der Waals surface area (Å²) in [5, 5.41) is 4.93. The van der Waals surface area contributed by atoms with Gasteiger partial charge in [-0.1, -0.05) is 27.2 Å². The summed E-state index contributed by atoms with van der Waals surface area (Å²) in [7, 11) is 0. The van der Waals surface area contributed by atoms with Crippen LogP contribution in [0.5, 0.6) is 0 Å². The van der Waals surface area contributed by atoms with E-state index in [-0.39, 0.29) is 0 Å². The van der Waals surface area contributed by atoms with Gasteiger partial charge in [0.15, 0.2) is 0 Å². The molecule has 0 aliphatic rings. The van der Waals surface area contributed by atoms with Crippen molar-refractivity contribution in [3.05, 3.63) is 16.1 Å². The van der Waals surface area contributed by atoms with Gasteiger partial charge in [0.05, 0.1) is 6.04 Å². The van der Waals surface area contributed by atoms with Gasteiger partial charge in [0.25, 0.3) is 0 Å². The number of nitrogens with one attached hydrogen (secondary N) is 1. The fourth-order valence-corrected chi connectivity index (χ4v) is 2.65. The topological polar surface area (TPSA) is 24.9 Å². The molecule has 3 unspecified atom stereocenters. The molecular formula is C13H24N2S. The molecule has 1 heterocycles. The summed E-state index contributed by atoms with van der Waals surface area (Å²) in [6.07, 6.45) is 4.30. The molecule has 0 aliphatic heterocycles. The molecule has 0 aromatic carbocycles. The van der Waals surface area contributed by atoms with E-state index in [1.54, 1.807) is 0 Å². The predicted octanol–water partition coefficient (Wildman–Crippen LogP) is 3.93. The molecule has 1 aromatic heterocycles. The number of hydrogen-bond donors (Lipinski definition) is 1. The monoisotopic (exact) mass is 240 g/mol. The van der Waals surface area contributed by atoms with E-state index in [0.29, 0.717) is 12.1 Å². The third kappa shape index (κ3) is 3.56. The normalized spacial score (nSPS) is 17.1. The Bertz CT molecular complexity index is 309. The molecule has 16 heavy (non-hydrogen) atoms. The Morgan fingerprint density at radius 2 is 2.00 bits per heavy atom. The molecule has 3 atom stereocenters. The zero-order chi connectivity index (χ0) is 12.1. The maximum absolute atomic E-state index is 4.48. The zero-order valence-corrected chi connectivity index (χ0v) is 11.9. The van der Waals surface area contributed by atoms with Crippen molar-refractivity contribution in [2.24, 2.45) is 5.92 Å². The summed E-state index contributed by atoms with van der Waals surface area (Å²) in [4.78, 5) is 5.78. The molecule has 0 saturated carbocycles. The highest BCUT2D eigenvalue weighted by Gasteiger charge is 2.18. The molecule has 1 N–H and O–H groups in total. The average Bonchev–Trinajstić information content (AvgIpc) is 2.71. The van der Waals surface area contributed by atoms with E-state index in [0.717, 1.165) is 12.3 Å². The van der Waals surface area contributed by atoms with Crippen LogP contribution in [0.25, 0.3) is 0 Å². The minimum Gasteiger partial charge on any atom is -0.305 e. The van der Waals surface area contributed by atoms with Gasteiger partial charge in [0.1, 0.15) is 5.01 Å². The molecule has 0 saturated heterocycles. The molecule has 3 heteroatoms. The third-order valence-electron chi connectivity index (χ3n) is 3.31. The fraction of sp³-hybridized carbons (Fsp3) is 0.769. The Balaban J connectivity index is 2.62. The predicted molar refractivity (Wildman–Crippen MR) is 71.9 cm³/mol. The van der Waals surface area contributed by atoms with Crippen LogP contribution in [-0.2, 0) is 0 Å². The molecule has 2 nitrogen and oxygen atoms in total. The Hall–Kier alpha value is -0.410. The van der Waals surface area contributed by atoms with E-state index in [9.17, 15) is 0 Å². The van der Waals surface area contributed by atoms with Crippen LogP contribution in [0.15, 0.2) is 6.20 Å². The van der Waals surface area contributed by atoms with Crippen LogP contribution in [-0.4, -0.2) is 11.0 Å². The number of rotatable bonds is 6. The standard InChI is InChI=1S/C13H24N2S/c1-6-9(3)11(5)15-12(7-2)13-14-8-10(4)16-13/h8-9,11-12,15H,6-7H2,1-5H3. The van der Waals surface area contributed by atoms with Crippen molar-refractivity contribution >= 4 is 11.3 Å². The Morgan fingerprint density at radius 1 is 1.31 bits per heavy atom. The molecule has 0 fully saturated rings. The smallest absolute Gasteiger partial charge is 0.110 e. The van der Waals surface area contributed by atoms with Crippen molar-refractivity contribution in [3.63, 3.8) is 0 Å². The SMILES string of the molecule is CCC(NC(C)C(C)CC)c1ncc(C)s1. The number of aromatic nitrogens is 1. The van der Waals surface area contributed by atoms with Gasteiger partial charge >= 0.3 is 0 Å². The molecule has 0 spiro atoms. The van der Waals surface area contributed by atoms with Gasteiger partial charge in [-0.2, -0.15) is 0 Å². The van der Waals surface area contributed by atoms with Gasteiger partial charge in [0, 0.05) is 17.1 Å². The van der Waals surface area contributed by atoms with Gasteiger partial charge in [0.2, 0.25) is 0 Å². The first kappa shape index (κ1) is 13.7. The van der Waals surface area contributed by atoms with Crippen LogP contribution in [0.4, 0.5) is 0 Å². The largest absolute Gasteiger partial charge is 0.305 e. The summed E-state index contributed by atoms with van der Waals surface area (Å²) in [5.41, 5.74) is 0. The minimum atomic E-state index is 0.419. The van der Waals surface area contributed by atoms with E-state index in [1.807, 2.05) is 17.5 Å². The van der Waals surface area contributed by atoms with Crippen LogP contribution in [0.1, 0.15) is 56.5 Å². The number of nitrogens with zero attached hydrogens (tertiary/aromatic N) is 1. The maximum atomic E-state index is 4.48. The van der Waals surface area contributed by atoms with Gasteiger partial charge in [-0.25, -0.2) is 4.98 Å². The highest BCUT2D eigenvalue weighted by atomic mass is 32.1. The van der Waals surface area contributed by atoms with Gasteiger partial charge in [-0.15, -0.1) is 11.3 Å². The van der Waals surface area contributed by atoms with Crippen molar-refractivity contribution in [3.8, 4) is 0 Å². The second kappa shape index (κ2) is 6.36. The number of hydrogen-bond acceptors (Lipinski definition) is 3. The third-order valence-corrected chi connectivity index (χ3v) is 4.33. The summed E-state index contributed by atoms with van der Waals surface area (Å²) in [6, 6.07) is 0.974. The molecule has 0 amide bonds. The van der Waals surface area contributed by atoms with Crippen molar-refractivity contribution in [1.82, 2.24) is 10.3 Å². The van der Waals surface area contributed by atoms with Crippen molar-refractivity contribution in [2.45, 2.75) is 59.5 Å². The lowest BCUT2D eigenvalue weighted by atomic mass is 10.00. The first-order valence-electron chi connectivity index (χ1n) is 6.26. The van der Waals surface area contributed by atoms with E-state index < -0.39 is 0 Å². The first-order valence-corrected chi connectivity index (χ1v) is 7.08. The van der Waals surface area contributed by atoms with Gasteiger partial charge < -0.3 is 5.32 Å². The maximum Gasteiger partial charge on any atom is 0.110 e. The number of aryl methyl sites for hydroxylation is 1. The molecule has 92 valence electrons. The number of thiazole rings is 1. The van der Waals surface area contributed by atoms with Crippen molar-refractivity contribution < 1.29 is 0 Å². The lowest BCUT2D eigenvalue weighted by Gasteiger charge is -2.25. The van der Waals surface area contributed by atoms with E-state index in [2.05, 4.69) is 44.9 Å². The zero-order valence-electron chi connectivity index (χ0n) is 11.1. The fourth-order valence-electron chi connectivity index (χ4n) is 1.73. The second-order valence-electron chi connectivity index (χ2n) is 4.61. The molecule has 1 rings (SSSR count). The van der Waals surface area contributed by atoms with E-state index in [1.165, 1.54) is 16.3 Å². The summed E-state index contributed by atoms with van der Waals surface area (Å²) in [5.74, 6) is 0.718.